The number of nitrogens with zero attached hydrogens (tertiary/aromatic N) is 6. The molecule has 8 heteroatoms. The molecular weight excluding hydrogens is 1130 g/mol. The normalized spacial score (nSPS) is 12.5. The number of hydrogen-bond donors (Lipinski definition) is 0. The number of fused-ring (bicyclic) bond motifs is 20. The van der Waals surface area contributed by atoms with Crippen LogP contribution in [-0.2, 0) is 10.8 Å². The Bertz CT molecular complexity index is 6000. The summed E-state index contributed by atoms with van der Waals surface area (Å²) in [5.74, 6) is 0. The summed E-state index contributed by atoms with van der Waals surface area (Å²) >= 11 is 3.61. The molecule has 0 atom stereocenters. The molecule has 0 aliphatic rings. The van der Waals surface area contributed by atoms with E-state index in [1.54, 1.807) is 22.7 Å². The molecule has 90 heavy (non-hydrogen) atoms. The Balaban J connectivity index is 1.17. The van der Waals surface area contributed by atoms with Gasteiger partial charge in [-0.3, -0.25) is 0 Å². The smallest absolute Gasteiger partial charge is 0.237 e. The fourth-order valence-corrected chi connectivity index (χ4v) is 17.6. The molecule has 18 rings (SSSR count). The molecule has 0 fully saturated rings. The van der Waals surface area contributed by atoms with Crippen LogP contribution in [0.25, 0.3) is 166 Å². The third-order valence-corrected chi connectivity index (χ3v) is 21.4. The van der Waals surface area contributed by atoms with Gasteiger partial charge in [-0.05, 0) is 99.8 Å². The first-order valence-electron chi connectivity index (χ1n) is 30.8. The Morgan fingerprint density at radius 1 is 0.367 bits per heavy atom. The minimum atomic E-state index is -0.245. The Morgan fingerprint density at radius 2 is 0.844 bits per heavy atom. The number of thiophene rings is 2. The first-order chi connectivity index (χ1) is 43.9. The van der Waals surface area contributed by atoms with Crippen LogP contribution in [0.2, 0.25) is 0 Å². The number of benzene rings is 12. The molecule has 426 valence electrons. The van der Waals surface area contributed by atoms with Crippen molar-refractivity contribution in [2.75, 3.05) is 0 Å². The molecule has 0 aliphatic heterocycles. The number of rotatable bonds is 5. The van der Waals surface area contributed by atoms with E-state index in [4.69, 9.17) is 4.85 Å². The summed E-state index contributed by atoms with van der Waals surface area (Å²) in [4.78, 5) is 5.02. The van der Waals surface area contributed by atoms with Crippen molar-refractivity contribution in [1.82, 2.24) is 18.3 Å². The van der Waals surface area contributed by atoms with Gasteiger partial charge in [0.05, 0.1) is 88.4 Å². The molecule has 6 heterocycles. The van der Waals surface area contributed by atoms with Crippen LogP contribution < -0.4 is 0 Å². The number of para-hydroxylation sites is 4. The molecule has 18 aromatic rings. The quantitative estimate of drug-likeness (QED) is 0.158. The summed E-state index contributed by atoms with van der Waals surface area (Å²) < 4.78 is 14.2. The Labute approximate surface area is 526 Å². The molecule has 0 amide bonds. The van der Waals surface area contributed by atoms with Crippen LogP contribution in [0.4, 0.5) is 5.69 Å². The zero-order valence-electron chi connectivity index (χ0n) is 50.4. The molecule has 6 aromatic heterocycles. The van der Waals surface area contributed by atoms with Gasteiger partial charge in [0.1, 0.15) is 6.07 Å². The average molecular weight is 1190 g/mol. The van der Waals surface area contributed by atoms with E-state index in [-0.39, 0.29) is 10.8 Å². The van der Waals surface area contributed by atoms with Crippen molar-refractivity contribution in [3.05, 3.63) is 259 Å². The molecule has 0 unspecified atom stereocenters. The molecule has 0 saturated heterocycles. The minimum absolute atomic E-state index is 0.185. The van der Waals surface area contributed by atoms with E-state index in [1.165, 1.54) is 36.7 Å². The van der Waals surface area contributed by atoms with Crippen LogP contribution in [0.15, 0.2) is 231 Å². The highest BCUT2D eigenvalue weighted by atomic mass is 32.1. The van der Waals surface area contributed by atoms with Gasteiger partial charge in [0, 0.05) is 74.0 Å². The van der Waals surface area contributed by atoms with Gasteiger partial charge in [0.15, 0.2) is 0 Å². The van der Waals surface area contributed by atoms with Crippen LogP contribution in [0.1, 0.15) is 58.2 Å². The average Bonchev–Trinajstić information content (AvgIpc) is 1.48. The number of hydrogen-bond acceptors (Lipinski definition) is 3. The Kier molecular flexibility index (Phi) is 11.0. The zero-order chi connectivity index (χ0) is 60.6. The van der Waals surface area contributed by atoms with Crippen molar-refractivity contribution in [3.8, 4) is 39.9 Å². The van der Waals surface area contributed by atoms with E-state index in [9.17, 15) is 11.8 Å². The van der Waals surface area contributed by atoms with Gasteiger partial charge in [-0.1, -0.05) is 205 Å². The SMILES string of the molecule is [C-]#[N+]c1c(-n2c3ccccc3c3ccccc32)c(-n2c3ccc(-c4ccccc4)cc3c3ccc4c5ccccc5sc4c32)c(-n2c3ccccc3c3ccccc32)c(C#N)c1-n1c2ccc(C(C)(C)C)cc2c2cc(C(C)(C)C)c3c4ccccc4sc3c21. The van der Waals surface area contributed by atoms with Crippen molar-refractivity contribution in [2.45, 2.75) is 52.4 Å². The third kappa shape index (κ3) is 7.17. The molecule has 0 radical (unpaired) electrons. The molecule has 12 aromatic carbocycles. The van der Waals surface area contributed by atoms with Crippen LogP contribution in [0, 0.1) is 17.9 Å². The van der Waals surface area contributed by atoms with Gasteiger partial charge in [0.25, 0.3) is 0 Å². The number of aromatic nitrogens is 4. The van der Waals surface area contributed by atoms with Crippen LogP contribution in [0.5, 0.6) is 0 Å². The zero-order valence-corrected chi connectivity index (χ0v) is 52.1. The van der Waals surface area contributed by atoms with Crippen molar-refractivity contribution in [2.24, 2.45) is 0 Å². The monoisotopic (exact) mass is 1190 g/mol. The second-order valence-electron chi connectivity index (χ2n) is 26.1. The van der Waals surface area contributed by atoms with Gasteiger partial charge >= 0.3 is 0 Å². The molecule has 0 spiro atoms. The van der Waals surface area contributed by atoms with Crippen LogP contribution >= 0.6 is 22.7 Å². The molecular formula is C82H56N6S2. The highest BCUT2D eigenvalue weighted by molar-refractivity contribution is 7.27. The first-order valence-corrected chi connectivity index (χ1v) is 32.4. The Morgan fingerprint density at radius 3 is 1.43 bits per heavy atom. The topological polar surface area (TPSA) is 47.9 Å². The van der Waals surface area contributed by atoms with Gasteiger partial charge in [0.2, 0.25) is 5.69 Å². The van der Waals surface area contributed by atoms with E-state index in [2.05, 4.69) is 296 Å². The number of nitriles is 1. The summed E-state index contributed by atoms with van der Waals surface area (Å²) in [6.45, 7) is 24.1. The van der Waals surface area contributed by atoms with E-state index in [0.717, 1.165) is 119 Å². The van der Waals surface area contributed by atoms with Gasteiger partial charge in [-0.25, -0.2) is 4.85 Å². The minimum Gasteiger partial charge on any atom is -0.317 e. The van der Waals surface area contributed by atoms with Gasteiger partial charge in [-0.15, -0.1) is 22.7 Å². The van der Waals surface area contributed by atoms with Gasteiger partial charge < -0.3 is 18.3 Å². The predicted octanol–water partition coefficient (Wildman–Crippen LogP) is 23.5. The standard InChI is InChI=1S/C82H56N6S2/c1-81(2,3)49-38-42-68-59(44-49)60-45-62(82(4,5)6)71-57-30-16-22-36-70(57)90-80(71)76(60)87(68)73-61(46-83)74(85-63-31-17-11-25-50(63)51-26-12-18-32-64(51)85)78(77(72(73)84-7)86-65-33-19-13-27-52(65)53-28-14-20-34-66(53)86)88-67-41-37-48(47-23-9-8-10-24-47)43-58(67)55-39-40-56-54-29-15-21-35-69(54)89-79(56)75(55)88/h8-45H,1-6H3. The second kappa shape index (κ2) is 18.9. The van der Waals surface area contributed by atoms with E-state index in [1.807, 2.05) is 0 Å². The van der Waals surface area contributed by atoms with E-state index in [0.29, 0.717) is 28.3 Å². The summed E-state index contributed by atoms with van der Waals surface area (Å²) in [5, 5.41) is 26.5. The maximum Gasteiger partial charge on any atom is 0.237 e. The molecule has 0 N–H and O–H groups in total. The molecule has 0 bridgehead atoms. The fourth-order valence-electron chi connectivity index (χ4n) is 15.1. The lowest BCUT2D eigenvalue weighted by Gasteiger charge is -2.28. The van der Waals surface area contributed by atoms with E-state index < -0.39 is 0 Å². The maximum absolute atomic E-state index is 13.2. The Hall–Kier alpha value is -10.7. The van der Waals surface area contributed by atoms with Crippen LogP contribution in [-0.4, -0.2) is 18.3 Å². The highest BCUT2D eigenvalue weighted by Crippen LogP contribution is 2.55. The van der Waals surface area contributed by atoms with E-state index >= 15 is 0 Å². The summed E-state index contributed by atoms with van der Waals surface area (Å²) in [7, 11) is 0. The summed E-state index contributed by atoms with van der Waals surface area (Å²) in [6, 6.07) is 86.7. The molecule has 6 nitrogen and oxygen atoms in total. The molecule has 0 saturated carbocycles. The lowest BCUT2D eigenvalue weighted by molar-refractivity contribution is 0.591. The van der Waals surface area contributed by atoms with Crippen molar-refractivity contribution < 1.29 is 0 Å². The second-order valence-corrected chi connectivity index (χ2v) is 28.2. The lowest BCUT2D eigenvalue weighted by atomic mass is 9.82. The van der Waals surface area contributed by atoms with Gasteiger partial charge in [-0.2, -0.15) is 5.26 Å². The fraction of sp³-hybridized carbons (Fsp3) is 0.0976. The largest absolute Gasteiger partial charge is 0.317 e. The van der Waals surface area contributed by atoms with Crippen molar-refractivity contribution in [3.63, 3.8) is 0 Å². The summed E-state index contributed by atoms with van der Waals surface area (Å²) in [6.07, 6.45) is 0. The first kappa shape index (κ1) is 52.4. The lowest BCUT2D eigenvalue weighted by Crippen LogP contribution is -2.15. The predicted molar refractivity (Wildman–Crippen MR) is 383 cm³/mol. The van der Waals surface area contributed by atoms with Crippen LogP contribution in [0.3, 0.4) is 0 Å². The third-order valence-electron chi connectivity index (χ3n) is 19.1. The van der Waals surface area contributed by atoms with Crippen molar-refractivity contribution in [1.29, 1.82) is 5.26 Å². The maximum atomic E-state index is 13.2. The summed E-state index contributed by atoms with van der Waals surface area (Å²) in [5.41, 5.74) is 15.3. The molecule has 0 aliphatic carbocycles. The van der Waals surface area contributed by atoms with Crippen molar-refractivity contribution >= 4 is 156 Å². The highest BCUT2D eigenvalue weighted by Gasteiger charge is 2.37.